The van der Waals surface area contributed by atoms with Gasteiger partial charge in [0.05, 0.1) is 18.2 Å². The van der Waals surface area contributed by atoms with Crippen LogP contribution in [0.1, 0.15) is 33.4 Å². The standard InChI is InChI=1S/C31H30N2O.CHF3O3S/c1-21-22(2)27-15-19-33-17-13-24(8-7-23-9-11-25(34-3)12-10-23)20-29(33)31(27)30-26(21)14-18-32-16-5-4-6-28(30)32;2-1(3,4)8(5,6)7/h4-13,16-17,20H,14-15,18-19H2,1-3H3;(H,5,6,7)/q+2;/b8-7+;. The summed E-state index contributed by atoms with van der Waals surface area (Å²) in [4.78, 5) is 0. The molecule has 0 spiro atoms. The zero-order chi connectivity index (χ0) is 30.2. The molecule has 1 N–H and O–H groups in total. The number of hydrogen-bond acceptors (Lipinski definition) is 3. The van der Waals surface area contributed by atoms with Gasteiger partial charge in [-0.3, -0.25) is 4.55 Å². The van der Waals surface area contributed by atoms with E-state index in [1.807, 2.05) is 12.1 Å². The van der Waals surface area contributed by atoms with Crippen LogP contribution in [0, 0.1) is 13.8 Å². The quantitative estimate of drug-likeness (QED) is 0.182. The molecule has 2 aliphatic heterocycles. The van der Waals surface area contributed by atoms with Crippen LogP contribution in [-0.4, -0.2) is 25.6 Å². The minimum Gasteiger partial charge on any atom is -0.497 e. The van der Waals surface area contributed by atoms with Crippen LogP contribution in [0.5, 0.6) is 5.75 Å². The number of aryl methyl sites for hydroxylation is 2. The molecule has 0 fully saturated rings. The van der Waals surface area contributed by atoms with Gasteiger partial charge in [-0.1, -0.05) is 24.3 Å². The van der Waals surface area contributed by atoms with Crippen molar-refractivity contribution in [2.24, 2.45) is 0 Å². The van der Waals surface area contributed by atoms with Crippen LogP contribution >= 0.6 is 0 Å². The summed E-state index contributed by atoms with van der Waals surface area (Å²) in [6.45, 7) is 6.72. The number of pyridine rings is 2. The van der Waals surface area contributed by atoms with Crippen molar-refractivity contribution in [2.45, 2.75) is 45.3 Å². The van der Waals surface area contributed by atoms with Crippen molar-refractivity contribution in [1.29, 1.82) is 0 Å². The maximum Gasteiger partial charge on any atom is 0.522 e. The van der Waals surface area contributed by atoms with Gasteiger partial charge in [0.15, 0.2) is 25.5 Å². The molecule has 0 radical (unpaired) electrons. The smallest absolute Gasteiger partial charge is 0.497 e. The van der Waals surface area contributed by atoms with E-state index in [1.54, 1.807) is 7.11 Å². The number of fused-ring (bicyclic) bond motifs is 7. The lowest BCUT2D eigenvalue weighted by atomic mass is 9.79. The van der Waals surface area contributed by atoms with E-state index in [-0.39, 0.29) is 0 Å². The molecule has 4 heterocycles. The van der Waals surface area contributed by atoms with Gasteiger partial charge in [-0.15, -0.1) is 0 Å². The van der Waals surface area contributed by atoms with Gasteiger partial charge < -0.3 is 4.74 Å². The van der Waals surface area contributed by atoms with Gasteiger partial charge in [0.25, 0.3) is 0 Å². The molecule has 2 aromatic heterocycles. The molecule has 0 amide bonds. The Morgan fingerprint density at radius 3 is 1.93 bits per heavy atom. The van der Waals surface area contributed by atoms with Gasteiger partial charge in [0, 0.05) is 37.1 Å². The summed E-state index contributed by atoms with van der Waals surface area (Å²) in [7, 11) is -4.14. The molecule has 0 unspecified atom stereocenters. The Bertz CT molecular complexity index is 1800. The lowest BCUT2D eigenvalue weighted by Crippen LogP contribution is -2.43. The van der Waals surface area contributed by atoms with E-state index in [0.717, 1.165) is 31.7 Å². The molecule has 42 heavy (non-hydrogen) atoms. The molecular formula is C32H31F3N2O4S+2. The average Bonchev–Trinajstić information content (AvgIpc) is 2.97. The van der Waals surface area contributed by atoms with Crippen LogP contribution in [0.25, 0.3) is 34.7 Å². The van der Waals surface area contributed by atoms with Crippen LogP contribution < -0.4 is 13.9 Å². The third-order valence-corrected chi connectivity index (χ3v) is 8.50. The number of halogens is 3. The molecule has 4 aromatic rings. The molecule has 2 aromatic carbocycles. The van der Waals surface area contributed by atoms with Crippen LogP contribution in [0.15, 0.2) is 67.0 Å². The van der Waals surface area contributed by atoms with Crippen molar-refractivity contribution in [2.75, 3.05) is 7.11 Å². The minimum atomic E-state index is -5.84. The third-order valence-electron chi connectivity index (χ3n) is 7.92. The number of ether oxygens (including phenoxy) is 1. The van der Waals surface area contributed by atoms with Crippen molar-refractivity contribution < 1.29 is 40.0 Å². The van der Waals surface area contributed by atoms with Crippen LogP contribution in [-0.2, 0) is 36.0 Å². The van der Waals surface area contributed by atoms with Crippen LogP contribution in [0.4, 0.5) is 13.2 Å². The van der Waals surface area contributed by atoms with E-state index in [0.29, 0.717) is 0 Å². The molecule has 10 heteroatoms. The Morgan fingerprint density at radius 2 is 1.36 bits per heavy atom. The van der Waals surface area contributed by atoms with E-state index < -0.39 is 15.6 Å². The first-order valence-electron chi connectivity index (χ1n) is 13.4. The lowest BCUT2D eigenvalue weighted by Gasteiger charge is -2.26. The highest BCUT2D eigenvalue weighted by Crippen LogP contribution is 2.42. The van der Waals surface area contributed by atoms with Gasteiger partial charge in [-0.25, -0.2) is 0 Å². The van der Waals surface area contributed by atoms with Gasteiger partial charge in [0.1, 0.15) is 5.75 Å². The highest BCUT2D eigenvalue weighted by molar-refractivity contribution is 7.86. The summed E-state index contributed by atoms with van der Waals surface area (Å²) in [6.07, 6.45) is 11.1. The Hall–Kier alpha value is -4.02. The number of nitrogens with zero attached hydrogens (tertiary/aromatic N) is 2. The van der Waals surface area contributed by atoms with Crippen molar-refractivity contribution in [3.8, 4) is 28.3 Å². The largest absolute Gasteiger partial charge is 0.522 e. The van der Waals surface area contributed by atoms with Crippen LogP contribution in [0.3, 0.4) is 0 Å². The molecule has 2 aliphatic rings. The Morgan fingerprint density at radius 1 is 0.810 bits per heavy atom. The summed E-state index contributed by atoms with van der Waals surface area (Å²) < 4.78 is 67.7. The summed E-state index contributed by atoms with van der Waals surface area (Å²) in [5, 5.41) is 0. The maximum atomic E-state index is 10.7. The number of benzene rings is 2. The van der Waals surface area contributed by atoms with E-state index >= 15 is 0 Å². The fourth-order valence-electron chi connectivity index (χ4n) is 5.65. The predicted molar refractivity (Wildman–Crippen MR) is 154 cm³/mol. The second-order valence-corrected chi connectivity index (χ2v) is 11.7. The lowest BCUT2D eigenvalue weighted by molar-refractivity contribution is -0.689. The number of alkyl halides is 3. The molecule has 0 saturated carbocycles. The summed E-state index contributed by atoms with van der Waals surface area (Å²) in [6, 6.07) is 19.4. The van der Waals surface area contributed by atoms with Gasteiger partial charge in [-0.2, -0.15) is 30.7 Å². The Kier molecular flexibility index (Phi) is 7.96. The molecule has 6 rings (SSSR count). The minimum absolute atomic E-state index is 0.882. The van der Waals surface area contributed by atoms with Gasteiger partial charge in [-0.05, 0) is 65.4 Å². The topological polar surface area (TPSA) is 71.4 Å². The fourth-order valence-corrected chi connectivity index (χ4v) is 5.65. The van der Waals surface area contributed by atoms with Crippen molar-refractivity contribution >= 4 is 22.3 Å². The van der Waals surface area contributed by atoms with E-state index in [1.165, 1.54) is 55.9 Å². The van der Waals surface area contributed by atoms with E-state index in [2.05, 4.69) is 90.0 Å². The van der Waals surface area contributed by atoms with E-state index in [4.69, 9.17) is 17.7 Å². The first-order chi connectivity index (χ1) is 19.9. The zero-order valence-corrected chi connectivity index (χ0v) is 24.3. The second kappa shape index (κ2) is 11.3. The monoisotopic (exact) mass is 596 g/mol. The number of hydrogen-bond donors (Lipinski definition) is 1. The number of rotatable bonds is 3. The predicted octanol–water partition coefficient (Wildman–Crippen LogP) is 5.90. The highest BCUT2D eigenvalue weighted by Gasteiger charge is 2.44. The fraction of sp³-hybridized carbons (Fsp3) is 0.250. The van der Waals surface area contributed by atoms with E-state index in [9.17, 15) is 13.2 Å². The molecule has 0 saturated heterocycles. The first-order valence-corrected chi connectivity index (χ1v) is 14.9. The average molecular weight is 597 g/mol. The van der Waals surface area contributed by atoms with Crippen molar-refractivity contribution in [1.82, 2.24) is 0 Å². The number of methoxy groups -OCH3 is 1. The molecular weight excluding hydrogens is 565 g/mol. The summed E-state index contributed by atoms with van der Waals surface area (Å²) in [5.74, 6) is 0.882. The molecule has 0 atom stereocenters. The number of aromatic nitrogens is 2. The Labute approximate surface area is 243 Å². The second-order valence-electron chi connectivity index (χ2n) is 10.3. The zero-order valence-electron chi connectivity index (χ0n) is 23.4. The maximum absolute atomic E-state index is 10.7. The molecule has 0 bridgehead atoms. The molecule has 218 valence electrons. The highest BCUT2D eigenvalue weighted by atomic mass is 32.2. The molecule has 0 aliphatic carbocycles. The summed E-state index contributed by atoms with van der Waals surface area (Å²) in [5.41, 5.74) is 8.40. The SMILES string of the molecule is COc1ccc(/C=C/c2cc[n+]3c(c2)-c2c(c(C)c(C)c4c2-c2cccc[n+]2CC4)CC3)cc1.O=S(=O)(O)C(F)(F)F. The summed E-state index contributed by atoms with van der Waals surface area (Å²) >= 11 is 0. The first kappa shape index (κ1) is 29.5. The van der Waals surface area contributed by atoms with Gasteiger partial charge >= 0.3 is 15.6 Å². The van der Waals surface area contributed by atoms with Crippen LogP contribution in [0.2, 0.25) is 0 Å². The molecule has 6 nitrogen and oxygen atoms in total. The van der Waals surface area contributed by atoms with Crippen molar-refractivity contribution in [3.63, 3.8) is 0 Å². The Balaban J connectivity index is 0.000000390. The van der Waals surface area contributed by atoms with Crippen molar-refractivity contribution in [3.05, 3.63) is 100 Å². The normalized spacial score (nSPS) is 13.8. The van der Waals surface area contributed by atoms with Gasteiger partial charge in [0.2, 0.25) is 11.4 Å². The third kappa shape index (κ3) is 5.69.